The Balaban J connectivity index is 2.15. The van der Waals surface area contributed by atoms with Gasteiger partial charge in [-0.15, -0.1) is 0 Å². The highest BCUT2D eigenvalue weighted by molar-refractivity contribution is 5.93. The van der Waals surface area contributed by atoms with Crippen molar-refractivity contribution in [2.45, 2.75) is 6.54 Å². The van der Waals surface area contributed by atoms with Gasteiger partial charge in [-0.05, 0) is 18.2 Å². The molecule has 2 aromatic rings. The Bertz CT molecular complexity index is 658. The van der Waals surface area contributed by atoms with Crippen molar-refractivity contribution in [1.82, 2.24) is 9.97 Å². The molecular formula is C13H12N4O3. The summed E-state index contributed by atoms with van der Waals surface area (Å²) in [5.41, 5.74) is 6.60. The quantitative estimate of drug-likeness (QED) is 0.743. The van der Waals surface area contributed by atoms with Crippen molar-refractivity contribution in [2.24, 2.45) is 5.73 Å². The lowest BCUT2D eigenvalue weighted by molar-refractivity contribution is 0.0694. The molecule has 0 saturated carbocycles. The third kappa shape index (κ3) is 3.08. The minimum absolute atomic E-state index is 0.0334. The summed E-state index contributed by atoms with van der Waals surface area (Å²) in [7, 11) is 0. The van der Waals surface area contributed by atoms with Crippen LogP contribution in [0.15, 0.2) is 36.8 Å². The van der Waals surface area contributed by atoms with Gasteiger partial charge in [-0.3, -0.25) is 4.79 Å². The Morgan fingerprint density at radius 3 is 2.85 bits per heavy atom. The summed E-state index contributed by atoms with van der Waals surface area (Å²) in [6.45, 7) is 0.201. The van der Waals surface area contributed by atoms with Gasteiger partial charge in [0.15, 0.2) is 0 Å². The van der Waals surface area contributed by atoms with Crippen LogP contribution in [0.5, 0.6) is 0 Å². The number of carbonyl (C=O) groups excluding carboxylic acids is 1. The maximum absolute atomic E-state index is 11.1. The number of carboxylic acid groups (broad SMARTS) is 1. The van der Waals surface area contributed by atoms with E-state index < -0.39 is 11.9 Å². The Morgan fingerprint density at radius 1 is 1.35 bits per heavy atom. The maximum Gasteiger partial charge on any atom is 0.339 e. The van der Waals surface area contributed by atoms with E-state index in [0.29, 0.717) is 16.9 Å². The molecule has 0 aliphatic heterocycles. The van der Waals surface area contributed by atoms with Gasteiger partial charge in [0.05, 0.1) is 12.2 Å². The van der Waals surface area contributed by atoms with E-state index in [0.717, 1.165) is 0 Å². The lowest BCUT2D eigenvalue weighted by atomic mass is 10.2. The normalized spacial score (nSPS) is 10.0. The fraction of sp³-hybridized carbons (Fsp3) is 0.0769. The fourth-order valence-corrected chi connectivity index (χ4v) is 1.64. The first-order valence-electron chi connectivity index (χ1n) is 5.74. The molecule has 2 rings (SSSR count). The Hall–Kier alpha value is -2.96. The predicted octanol–water partition coefficient (Wildman–Crippen LogP) is 0.886. The van der Waals surface area contributed by atoms with Gasteiger partial charge in [-0.25, -0.2) is 14.8 Å². The average molecular weight is 272 g/mol. The van der Waals surface area contributed by atoms with Gasteiger partial charge in [0.1, 0.15) is 11.9 Å². The number of nitrogens with zero attached hydrogens (tertiary/aromatic N) is 2. The molecule has 1 heterocycles. The van der Waals surface area contributed by atoms with Crippen LogP contribution in [0.25, 0.3) is 0 Å². The Labute approximate surface area is 114 Å². The first kappa shape index (κ1) is 13.5. The zero-order chi connectivity index (χ0) is 14.5. The molecule has 1 aromatic carbocycles. The molecule has 0 atom stereocenters. The summed E-state index contributed by atoms with van der Waals surface area (Å²) in [6.07, 6.45) is 2.52. The van der Waals surface area contributed by atoms with Crippen molar-refractivity contribution in [3.63, 3.8) is 0 Å². The van der Waals surface area contributed by atoms with Crippen LogP contribution in [0, 0.1) is 0 Å². The van der Waals surface area contributed by atoms with E-state index in [-0.39, 0.29) is 12.1 Å². The summed E-state index contributed by atoms with van der Waals surface area (Å²) in [6, 6.07) is 6.61. The van der Waals surface area contributed by atoms with Crippen LogP contribution in [0.3, 0.4) is 0 Å². The van der Waals surface area contributed by atoms with E-state index in [4.69, 9.17) is 10.8 Å². The molecule has 4 N–H and O–H groups in total. The third-order valence-corrected chi connectivity index (χ3v) is 2.63. The second-order valence-corrected chi connectivity index (χ2v) is 3.99. The molecule has 1 aromatic heterocycles. The van der Waals surface area contributed by atoms with Crippen LogP contribution in [-0.2, 0) is 6.54 Å². The molecule has 1 amide bonds. The van der Waals surface area contributed by atoms with E-state index in [1.807, 2.05) is 0 Å². The van der Waals surface area contributed by atoms with Gasteiger partial charge < -0.3 is 16.2 Å². The summed E-state index contributed by atoms with van der Waals surface area (Å²) in [5, 5.41) is 12.0. The number of carbonyl (C=O) groups is 2. The highest BCUT2D eigenvalue weighted by Gasteiger charge is 2.11. The highest BCUT2D eigenvalue weighted by Crippen LogP contribution is 2.12. The van der Waals surface area contributed by atoms with E-state index in [2.05, 4.69) is 15.3 Å². The molecule has 0 aliphatic carbocycles. The molecule has 20 heavy (non-hydrogen) atoms. The second-order valence-electron chi connectivity index (χ2n) is 3.99. The first-order valence-corrected chi connectivity index (χ1v) is 5.74. The number of hydrogen-bond donors (Lipinski definition) is 3. The molecule has 0 radical (unpaired) electrons. The third-order valence-electron chi connectivity index (χ3n) is 2.63. The number of nitrogens with one attached hydrogen (secondary N) is 1. The van der Waals surface area contributed by atoms with E-state index in [1.165, 1.54) is 12.5 Å². The summed E-state index contributed by atoms with van der Waals surface area (Å²) in [4.78, 5) is 29.7. The minimum atomic E-state index is -1.09. The SMILES string of the molecule is NC(=O)c1cccc(NCc2ncncc2C(=O)O)c1. The van der Waals surface area contributed by atoms with Gasteiger partial charge in [0, 0.05) is 17.4 Å². The van der Waals surface area contributed by atoms with Crippen LogP contribution in [0.4, 0.5) is 5.69 Å². The number of aromatic nitrogens is 2. The van der Waals surface area contributed by atoms with Crippen molar-refractivity contribution in [3.8, 4) is 0 Å². The minimum Gasteiger partial charge on any atom is -0.478 e. The monoisotopic (exact) mass is 272 g/mol. The number of hydrogen-bond acceptors (Lipinski definition) is 5. The fourth-order valence-electron chi connectivity index (χ4n) is 1.64. The highest BCUT2D eigenvalue weighted by atomic mass is 16.4. The largest absolute Gasteiger partial charge is 0.478 e. The van der Waals surface area contributed by atoms with Crippen LogP contribution < -0.4 is 11.1 Å². The number of rotatable bonds is 5. The molecule has 0 bridgehead atoms. The van der Waals surface area contributed by atoms with E-state index in [1.54, 1.807) is 24.3 Å². The molecular weight excluding hydrogens is 260 g/mol. The van der Waals surface area contributed by atoms with Gasteiger partial charge in [0.2, 0.25) is 5.91 Å². The van der Waals surface area contributed by atoms with Gasteiger partial charge >= 0.3 is 5.97 Å². The molecule has 0 fully saturated rings. The van der Waals surface area contributed by atoms with Crippen molar-refractivity contribution < 1.29 is 14.7 Å². The van der Waals surface area contributed by atoms with Crippen LogP contribution in [0.2, 0.25) is 0 Å². The number of aromatic carboxylic acids is 1. The van der Waals surface area contributed by atoms with Crippen LogP contribution >= 0.6 is 0 Å². The van der Waals surface area contributed by atoms with E-state index >= 15 is 0 Å². The number of carboxylic acids is 1. The Morgan fingerprint density at radius 2 is 2.15 bits per heavy atom. The Kier molecular flexibility index (Phi) is 3.90. The van der Waals surface area contributed by atoms with Crippen molar-refractivity contribution in [1.29, 1.82) is 0 Å². The van der Waals surface area contributed by atoms with Crippen LogP contribution in [-0.4, -0.2) is 27.0 Å². The summed E-state index contributed by atoms with van der Waals surface area (Å²) < 4.78 is 0. The van der Waals surface area contributed by atoms with Gasteiger partial charge in [0.25, 0.3) is 0 Å². The number of amides is 1. The number of primary amides is 1. The molecule has 7 heteroatoms. The molecule has 7 nitrogen and oxygen atoms in total. The summed E-state index contributed by atoms with van der Waals surface area (Å²) >= 11 is 0. The molecule has 0 unspecified atom stereocenters. The predicted molar refractivity (Wildman–Crippen MR) is 71.3 cm³/mol. The van der Waals surface area contributed by atoms with Crippen molar-refractivity contribution >= 4 is 17.6 Å². The smallest absolute Gasteiger partial charge is 0.339 e. The topological polar surface area (TPSA) is 118 Å². The van der Waals surface area contributed by atoms with Crippen molar-refractivity contribution in [3.05, 3.63) is 53.6 Å². The summed E-state index contributed by atoms with van der Waals surface area (Å²) in [5.74, 6) is -1.62. The standard InChI is InChI=1S/C13H12N4O3/c14-12(18)8-2-1-3-9(4-8)16-6-11-10(13(19)20)5-15-7-17-11/h1-5,7,16H,6H2,(H2,14,18)(H,19,20). The molecule has 102 valence electrons. The van der Waals surface area contributed by atoms with Crippen molar-refractivity contribution in [2.75, 3.05) is 5.32 Å². The number of benzene rings is 1. The molecule has 0 saturated heterocycles. The lowest BCUT2D eigenvalue weighted by Gasteiger charge is -2.08. The zero-order valence-corrected chi connectivity index (χ0v) is 10.4. The molecule has 0 spiro atoms. The molecule has 0 aliphatic rings. The average Bonchev–Trinajstić information content (AvgIpc) is 2.45. The van der Waals surface area contributed by atoms with Gasteiger partial charge in [-0.2, -0.15) is 0 Å². The number of nitrogens with two attached hydrogens (primary N) is 1. The van der Waals surface area contributed by atoms with Crippen LogP contribution in [0.1, 0.15) is 26.4 Å². The first-order chi connectivity index (χ1) is 9.58. The maximum atomic E-state index is 11.1. The lowest BCUT2D eigenvalue weighted by Crippen LogP contribution is -2.12. The zero-order valence-electron chi connectivity index (χ0n) is 10.4. The van der Waals surface area contributed by atoms with E-state index in [9.17, 15) is 9.59 Å². The second kappa shape index (κ2) is 5.79. The number of anilines is 1. The van der Waals surface area contributed by atoms with Gasteiger partial charge in [-0.1, -0.05) is 6.07 Å².